The maximum Gasteiger partial charge on any atom is 0.310 e. The maximum absolute atomic E-state index is 11.5. The minimum absolute atomic E-state index is 0.0399. The summed E-state index contributed by atoms with van der Waals surface area (Å²) in [6.07, 6.45) is 1.94. The largest absolute Gasteiger partial charge is 0.465 e. The summed E-state index contributed by atoms with van der Waals surface area (Å²) in [5, 5.41) is 3.16. The second kappa shape index (κ2) is 4.75. The van der Waals surface area contributed by atoms with Crippen molar-refractivity contribution in [3.8, 4) is 0 Å². The summed E-state index contributed by atoms with van der Waals surface area (Å²) < 4.78 is 10.5. The molecule has 4 heteroatoms. The Labute approximate surface area is 84.0 Å². The molecule has 0 aliphatic carbocycles. The third-order valence-electron chi connectivity index (χ3n) is 2.88. The number of esters is 1. The van der Waals surface area contributed by atoms with Crippen molar-refractivity contribution in [1.29, 1.82) is 0 Å². The number of carbonyl (C=O) groups excluding carboxylic acids is 1. The molecule has 1 N–H and O–H groups in total. The zero-order valence-corrected chi connectivity index (χ0v) is 8.33. The molecule has 2 fully saturated rings. The number of ether oxygens (including phenoxy) is 2. The zero-order chi connectivity index (χ0) is 9.80. The van der Waals surface area contributed by atoms with Crippen LogP contribution in [0.1, 0.15) is 12.8 Å². The van der Waals surface area contributed by atoms with Crippen molar-refractivity contribution in [2.24, 2.45) is 11.8 Å². The first kappa shape index (κ1) is 9.93. The highest BCUT2D eigenvalue weighted by Gasteiger charge is 2.25. The van der Waals surface area contributed by atoms with Crippen molar-refractivity contribution in [3.05, 3.63) is 0 Å². The number of rotatable bonds is 3. The molecule has 2 saturated heterocycles. The van der Waals surface area contributed by atoms with E-state index in [-0.39, 0.29) is 11.9 Å². The Hall–Kier alpha value is -0.610. The molecule has 2 heterocycles. The molecule has 4 nitrogen and oxygen atoms in total. The van der Waals surface area contributed by atoms with E-state index in [1.807, 2.05) is 0 Å². The van der Waals surface area contributed by atoms with E-state index in [4.69, 9.17) is 9.47 Å². The third-order valence-corrected chi connectivity index (χ3v) is 2.88. The molecule has 0 spiro atoms. The van der Waals surface area contributed by atoms with E-state index < -0.39 is 0 Å². The van der Waals surface area contributed by atoms with Gasteiger partial charge in [0.25, 0.3) is 0 Å². The fourth-order valence-electron chi connectivity index (χ4n) is 1.89. The predicted molar refractivity (Wildman–Crippen MR) is 50.9 cm³/mol. The predicted octanol–water partition coefficient (Wildman–Crippen LogP) is 0.176. The molecule has 0 aromatic rings. The van der Waals surface area contributed by atoms with Gasteiger partial charge in [0.15, 0.2) is 0 Å². The van der Waals surface area contributed by atoms with Crippen molar-refractivity contribution >= 4 is 5.97 Å². The van der Waals surface area contributed by atoms with E-state index in [2.05, 4.69) is 5.32 Å². The highest BCUT2D eigenvalue weighted by atomic mass is 16.5. The fourth-order valence-corrected chi connectivity index (χ4v) is 1.89. The van der Waals surface area contributed by atoms with Crippen LogP contribution in [0, 0.1) is 11.8 Å². The van der Waals surface area contributed by atoms with E-state index in [1.165, 1.54) is 0 Å². The van der Waals surface area contributed by atoms with Gasteiger partial charge in [-0.3, -0.25) is 4.79 Å². The molecule has 2 aliphatic rings. The lowest BCUT2D eigenvalue weighted by Gasteiger charge is -2.11. The van der Waals surface area contributed by atoms with Crippen molar-refractivity contribution in [2.45, 2.75) is 12.8 Å². The van der Waals surface area contributed by atoms with Crippen LogP contribution in [0.15, 0.2) is 0 Å². The second-order valence-corrected chi connectivity index (χ2v) is 4.05. The van der Waals surface area contributed by atoms with Crippen molar-refractivity contribution in [1.82, 2.24) is 5.32 Å². The molecule has 2 atom stereocenters. The highest BCUT2D eigenvalue weighted by molar-refractivity contribution is 5.73. The fraction of sp³-hybridized carbons (Fsp3) is 0.900. The Kier molecular flexibility index (Phi) is 3.37. The monoisotopic (exact) mass is 199 g/mol. The van der Waals surface area contributed by atoms with Crippen LogP contribution in [0.3, 0.4) is 0 Å². The Morgan fingerprint density at radius 2 is 2.43 bits per heavy atom. The van der Waals surface area contributed by atoms with Gasteiger partial charge in [-0.25, -0.2) is 0 Å². The van der Waals surface area contributed by atoms with E-state index in [9.17, 15) is 4.79 Å². The Bertz CT molecular complexity index is 196. The summed E-state index contributed by atoms with van der Waals surface area (Å²) in [6, 6.07) is 0. The van der Waals surface area contributed by atoms with Gasteiger partial charge in [-0.15, -0.1) is 0 Å². The molecule has 80 valence electrons. The van der Waals surface area contributed by atoms with Gasteiger partial charge in [-0.1, -0.05) is 0 Å². The van der Waals surface area contributed by atoms with Gasteiger partial charge >= 0.3 is 5.97 Å². The molecule has 0 radical (unpaired) electrons. The van der Waals surface area contributed by atoms with Crippen molar-refractivity contribution < 1.29 is 14.3 Å². The molecule has 0 aromatic heterocycles. The molecule has 2 aliphatic heterocycles. The summed E-state index contributed by atoms with van der Waals surface area (Å²) in [5.74, 6) is 0.465. The molecular formula is C10H17NO3. The maximum atomic E-state index is 11.5. The van der Waals surface area contributed by atoms with E-state index in [0.717, 1.165) is 39.1 Å². The molecule has 0 aromatic carbocycles. The molecular weight excluding hydrogens is 182 g/mol. The number of hydrogen-bond donors (Lipinski definition) is 1. The Morgan fingerprint density at radius 1 is 1.50 bits per heavy atom. The van der Waals surface area contributed by atoms with Gasteiger partial charge in [0.2, 0.25) is 0 Å². The minimum atomic E-state index is -0.0399. The van der Waals surface area contributed by atoms with Crippen LogP contribution in [0.4, 0.5) is 0 Å². The summed E-state index contributed by atoms with van der Waals surface area (Å²) in [7, 11) is 0. The van der Waals surface area contributed by atoms with Gasteiger partial charge in [0.1, 0.15) is 0 Å². The van der Waals surface area contributed by atoms with E-state index in [0.29, 0.717) is 12.5 Å². The standard InChI is InChI=1S/C10H17NO3/c12-10(9-1-3-11-5-9)14-7-8-2-4-13-6-8/h8-9,11H,1-7H2. The van der Waals surface area contributed by atoms with Crippen LogP contribution in [0.2, 0.25) is 0 Å². The molecule has 0 bridgehead atoms. The average molecular weight is 199 g/mol. The lowest BCUT2D eigenvalue weighted by molar-refractivity contribution is -0.149. The Morgan fingerprint density at radius 3 is 3.07 bits per heavy atom. The molecule has 2 rings (SSSR count). The number of carbonyl (C=O) groups is 1. The van der Waals surface area contributed by atoms with Gasteiger partial charge in [-0.05, 0) is 19.4 Å². The summed E-state index contributed by atoms with van der Waals surface area (Å²) in [6.45, 7) is 3.81. The van der Waals surface area contributed by atoms with Gasteiger partial charge in [0.05, 0.1) is 19.1 Å². The zero-order valence-electron chi connectivity index (χ0n) is 8.33. The first-order valence-corrected chi connectivity index (χ1v) is 5.31. The number of nitrogens with one attached hydrogen (secondary N) is 1. The molecule has 2 unspecified atom stereocenters. The smallest absolute Gasteiger partial charge is 0.310 e. The van der Waals surface area contributed by atoms with Crippen LogP contribution < -0.4 is 5.32 Å². The van der Waals surface area contributed by atoms with Crippen LogP contribution in [-0.4, -0.2) is 38.9 Å². The molecule has 14 heavy (non-hydrogen) atoms. The minimum Gasteiger partial charge on any atom is -0.465 e. The number of hydrogen-bond acceptors (Lipinski definition) is 4. The lowest BCUT2D eigenvalue weighted by atomic mass is 10.1. The SMILES string of the molecule is O=C(OCC1CCOC1)C1CCNC1. The van der Waals surface area contributed by atoms with Crippen LogP contribution in [0.25, 0.3) is 0 Å². The van der Waals surface area contributed by atoms with E-state index in [1.54, 1.807) is 0 Å². The first-order valence-electron chi connectivity index (χ1n) is 5.31. The Balaban J connectivity index is 1.66. The second-order valence-electron chi connectivity index (χ2n) is 4.05. The van der Waals surface area contributed by atoms with Gasteiger partial charge in [0, 0.05) is 19.1 Å². The quantitative estimate of drug-likeness (QED) is 0.658. The van der Waals surface area contributed by atoms with Gasteiger partial charge in [-0.2, -0.15) is 0 Å². The average Bonchev–Trinajstić information content (AvgIpc) is 2.87. The van der Waals surface area contributed by atoms with Crippen molar-refractivity contribution in [2.75, 3.05) is 32.9 Å². The highest BCUT2D eigenvalue weighted by Crippen LogP contribution is 2.15. The molecule has 0 amide bonds. The summed E-state index contributed by atoms with van der Waals surface area (Å²) in [5.41, 5.74) is 0. The van der Waals surface area contributed by atoms with Crippen LogP contribution >= 0.6 is 0 Å². The van der Waals surface area contributed by atoms with Crippen LogP contribution in [0.5, 0.6) is 0 Å². The van der Waals surface area contributed by atoms with Crippen molar-refractivity contribution in [3.63, 3.8) is 0 Å². The third kappa shape index (κ3) is 2.45. The topological polar surface area (TPSA) is 47.6 Å². The van der Waals surface area contributed by atoms with Crippen LogP contribution in [-0.2, 0) is 14.3 Å². The normalized spacial score (nSPS) is 32.0. The summed E-state index contributed by atoms with van der Waals surface area (Å²) in [4.78, 5) is 11.5. The van der Waals surface area contributed by atoms with Gasteiger partial charge < -0.3 is 14.8 Å². The first-order chi connectivity index (χ1) is 6.86. The van der Waals surface area contributed by atoms with E-state index >= 15 is 0 Å². The lowest BCUT2D eigenvalue weighted by Crippen LogP contribution is -2.23. The molecule has 0 saturated carbocycles. The summed E-state index contributed by atoms with van der Waals surface area (Å²) >= 11 is 0.